The molecule has 226 valence electrons. The predicted octanol–water partition coefficient (Wildman–Crippen LogP) is 3.46. The lowest BCUT2D eigenvalue weighted by Crippen LogP contribution is -2.39. The Balaban J connectivity index is 0.00000248. The number of carbonyl (C=O) groups excluding carboxylic acids is 2. The number of nitrogens with one attached hydrogen (secondary N) is 4. The SMILES string of the molecule is C=N.CCN(CCNC(=O)NC)c1ccc2c(-c3ccccc3C(=O)O)c3ccc(=[N+](CC)CC(=O)NC)cc-3oc2c1. The van der Waals surface area contributed by atoms with Crippen LogP contribution in [0.15, 0.2) is 65.1 Å². The second-order valence-corrected chi connectivity index (χ2v) is 9.46. The molecule has 1 aliphatic heterocycles. The molecule has 1 aliphatic carbocycles. The summed E-state index contributed by atoms with van der Waals surface area (Å²) in [4.78, 5) is 38.1. The van der Waals surface area contributed by atoms with E-state index < -0.39 is 5.97 Å². The number of urea groups is 1. The molecule has 2 aromatic carbocycles. The summed E-state index contributed by atoms with van der Waals surface area (Å²) in [5.74, 6) is -0.546. The van der Waals surface area contributed by atoms with E-state index in [-0.39, 0.29) is 24.0 Å². The van der Waals surface area contributed by atoms with Gasteiger partial charge in [-0.05, 0) is 50.4 Å². The first-order valence-electron chi connectivity index (χ1n) is 14.0. The third-order valence-electron chi connectivity index (χ3n) is 7.12. The fourth-order valence-electron chi connectivity index (χ4n) is 4.94. The van der Waals surface area contributed by atoms with Crippen LogP contribution in [0.5, 0.6) is 0 Å². The molecule has 2 aliphatic rings. The van der Waals surface area contributed by atoms with Crippen LogP contribution in [0.2, 0.25) is 0 Å². The van der Waals surface area contributed by atoms with Gasteiger partial charge in [-0.2, -0.15) is 0 Å². The summed E-state index contributed by atoms with van der Waals surface area (Å²) in [6.07, 6.45) is 0. The summed E-state index contributed by atoms with van der Waals surface area (Å²) in [5.41, 5.74) is 3.81. The summed E-state index contributed by atoms with van der Waals surface area (Å²) in [6, 6.07) is 18.3. The number of carboxylic acids is 1. The van der Waals surface area contributed by atoms with Crippen molar-refractivity contribution in [3.05, 3.63) is 71.6 Å². The van der Waals surface area contributed by atoms with Crippen LogP contribution in [-0.4, -0.2) is 76.6 Å². The number of fused-ring (bicyclic) bond motifs is 2. The topological polar surface area (TPSA) is 151 Å². The smallest absolute Gasteiger partial charge is 0.336 e. The van der Waals surface area contributed by atoms with Crippen molar-refractivity contribution < 1.29 is 23.9 Å². The monoisotopic (exact) mass is 587 g/mol. The Labute approximate surface area is 250 Å². The van der Waals surface area contributed by atoms with Crippen LogP contribution < -0.4 is 30.8 Å². The highest BCUT2D eigenvalue weighted by Gasteiger charge is 2.23. The number of rotatable bonds is 10. The van der Waals surface area contributed by atoms with Crippen molar-refractivity contribution in [2.24, 2.45) is 0 Å². The average Bonchev–Trinajstić information content (AvgIpc) is 3.04. The van der Waals surface area contributed by atoms with E-state index in [4.69, 9.17) is 9.83 Å². The number of benzene rings is 3. The predicted molar refractivity (Wildman–Crippen MR) is 170 cm³/mol. The highest BCUT2D eigenvalue weighted by molar-refractivity contribution is 6.07. The van der Waals surface area contributed by atoms with E-state index in [0.29, 0.717) is 43.1 Å². The molecule has 11 nitrogen and oxygen atoms in total. The van der Waals surface area contributed by atoms with Gasteiger partial charge >= 0.3 is 12.0 Å². The molecule has 0 radical (unpaired) electrons. The Morgan fingerprint density at radius 2 is 1.72 bits per heavy atom. The lowest BCUT2D eigenvalue weighted by molar-refractivity contribution is -0.120. The lowest BCUT2D eigenvalue weighted by atomic mass is 9.90. The maximum atomic E-state index is 12.2. The highest BCUT2D eigenvalue weighted by Crippen LogP contribution is 2.42. The third-order valence-corrected chi connectivity index (χ3v) is 7.12. The molecule has 1 heterocycles. The molecule has 0 saturated carbocycles. The summed E-state index contributed by atoms with van der Waals surface area (Å²) in [6.45, 7) is 9.07. The number of hydrogen-bond acceptors (Lipinski definition) is 6. The Bertz CT molecular complexity index is 1650. The normalized spacial score (nSPS) is 11.3. The molecule has 11 heteroatoms. The van der Waals surface area contributed by atoms with Gasteiger partial charge in [0.2, 0.25) is 11.9 Å². The molecule has 43 heavy (non-hydrogen) atoms. The molecule has 2 aromatic rings. The number of anilines is 1. The number of hydrogen-bond donors (Lipinski definition) is 5. The summed E-state index contributed by atoms with van der Waals surface area (Å²) >= 11 is 0. The largest absolute Gasteiger partial charge is 0.478 e. The number of carbonyl (C=O) groups is 3. The van der Waals surface area contributed by atoms with Crippen molar-refractivity contribution in [1.82, 2.24) is 20.5 Å². The Kier molecular flexibility index (Phi) is 11.4. The van der Waals surface area contributed by atoms with E-state index >= 15 is 0 Å². The van der Waals surface area contributed by atoms with Gasteiger partial charge in [0.15, 0.2) is 0 Å². The second-order valence-electron chi connectivity index (χ2n) is 9.46. The van der Waals surface area contributed by atoms with Gasteiger partial charge in [-0.3, -0.25) is 4.79 Å². The van der Waals surface area contributed by atoms with Crippen LogP contribution in [0.4, 0.5) is 10.5 Å². The summed E-state index contributed by atoms with van der Waals surface area (Å²) < 4.78 is 8.43. The molecule has 0 unspecified atom stereocenters. The zero-order valence-electron chi connectivity index (χ0n) is 25.0. The van der Waals surface area contributed by atoms with Crippen LogP contribution in [0.25, 0.3) is 33.4 Å². The standard InChI is InChI=1S/C31H35N5O5.CH3N/c1-5-35(16-15-34-31(40)33-4)20-11-13-24-26(17-20)41-27-18-21(36(6-2)19-28(37)32-3)12-14-25(27)29(24)22-9-7-8-10-23(22)30(38)39;1-2/h7-14,17-18H,5-6,15-16,19H2,1-4H3,(H3-,32,33,34,37,38,39,40);2H,1H2/p+1. The number of nitrogens with zero attached hydrogens (tertiary/aromatic N) is 2. The number of amides is 3. The van der Waals surface area contributed by atoms with Gasteiger partial charge in [0.1, 0.15) is 17.9 Å². The summed E-state index contributed by atoms with van der Waals surface area (Å²) in [7, 11) is 3.18. The van der Waals surface area contributed by atoms with Gasteiger partial charge in [-0.1, -0.05) is 18.2 Å². The van der Waals surface area contributed by atoms with Crippen LogP contribution in [0.1, 0.15) is 24.2 Å². The van der Waals surface area contributed by atoms with Crippen LogP contribution in [-0.2, 0) is 4.79 Å². The van der Waals surface area contributed by atoms with E-state index in [1.165, 1.54) is 0 Å². The molecule has 0 fully saturated rings. The Morgan fingerprint density at radius 3 is 2.37 bits per heavy atom. The van der Waals surface area contributed by atoms with Crippen molar-refractivity contribution in [2.75, 3.05) is 51.7 Å². The van der Waals surface area contributed by atoms with Gasteiger partial charge in [0, 0.05) is 68.1 Å². The van der Waals surface area contributed by atoms with E-state index in [2.05, 4.69) is 27.6 Å². The van der Waals surface area contributed by atoms with Crippen molar-refractivity contribution in [3.63, 3.8) is 0 Å². The molecule has 4 rings (SSSR count). The molecule has 5 N–H and O–H groups in total. The van der Waals surface area contributed by atoms with Gasteiger partial charge in [0.05, 0.1) is 11.6 Å². The second kappa shape index (κ2) is 15.2. The molecule has 0 spiro atoms. The van der Waals surface area contributed by atoms with Crippen molar-refractivity contribution in [1.29, 1.82) is 5.41 Å². The lowest BCUT2D eigenvalue weighted by Gasteiger charge is -2.24. The molecule has 3 amide bonds. The van der Waals surface area contributed by atoms with E-state index in [1.54, 1.807) is 26.2 Å². The molecular formula is C32H39N6O5+. The maximum absolute atomic E-state index is 12.2. The molecular weight excluding hydrogens is 548 g/mol. The zero-order valence-corrected chi connectivity index (χ0v) is 25.0. The number of carboxylic acid groups (broad SMARTS) is 1. The number of likely N-dealkylation sites (N-methyl/N-ethyl adjacent to an activating group) is 3. The minimum Gasteiger partial charge on any atom is -0.478 e. The zero-order chi connectivity index (χ0) is 31.5. The average molecular weight is 588 g/mol. The van der Waals surface area contributed by atoms with Crippen molar-refractivity contribution in [2.45, 2.75) is 13.8 Å². The van der Waals surface area contributed by atoms with Gasteiger partial charge in [-0.25, -0.2) is 14.2 Å². The minimum atomic E-state index is -1.01. The van der Waals surface area contributed by atoms with Crippen molar-refractivity contribution >= 4 is 41.3 Å². The van der Waals surface area contributed by atoms with Gasteiger partial charge < -0.3 is 35.8 Å². The van der Waals surface area contributed by atoms with Crippen LogP contribution in [0.3, 0.4) is 0 Å². The van der Waals surface area contributed by atoms with Crippen LogP contribution >= 0.6 is 0 Å². The molecule has 0 saturated heterocycles. The van der Waals surface area contributed by atoms with Gasteiger partial charge in [0.25, 0.3) is 5.91 Å². The van der Waals surface area contributed by atoms with E-state index in [0.717, 1.165) is 27.6 Å². The minimum absolute atomic E-state index is 0.103. The summed E-state index contributed by atoms with van der Waals surface area (Å²) in [5, 5.41) is 25.1. The molecule has 0 atom stereocenters. The van der Waals surface area contributed by atoms with Crippen molar-refractivity contribution in [3.8, 4) is 22.5 Å². The third kappa shape index (κ3) is 7.37. The first kappa shape index (κ1) is 32.3. The van der Waals surface area contributed by atoms with E-state index in [1.807, 2.05) is 67.0 Å². The molecule has 0 bridgehead atoms. The maximum Gasteiger partial charge on any atom is 0.336 e. The van der Waals surface area contributed by atoms with Gasteiger partial charge in [-0.15, -0.1) is 0 Å². The Hall–Kier alpha value is -5.19. The van der Waals surface area contributed by atoms with E-state index in [9.17, 15) is 19.5 Å². The fraction of sp³-hybridized carbons (Fsp3) is 0.281. The first-order chi connectivity index (χ1) is 20.8. The fourth-order valence-corrected chi connectivity index (χ4v) is 4.94. The number of aromatic carboxylic acids is 1. The first-order valence-corrected chi connectivity index (χ1v) is 14.0. The quantitative estimate of drug-likeness (QED) is 0.109. The highest BCUT2D eigenvalue weighted by atomic mass is 16.4. The molecule has 0 aromatic heterocycles. The Morgan fingerprint density at radius 1 is 0.977 bits per heavy atom. The van der Waals surface area contributed by atoms with Crippen LogP contribution in [0, 0.1) is 5.41 Å².